The summed E-state index contributed by atoms with van der Waals surface area (Å²) in [6, 6.07) is 10.0. The Hall–Kier alpha value is -1.92. The molecule has 1 saturated heterocycles. The Morgan fingerprint density at radius 2 is 2.12 bits per heavy atom. The molecule has 0 saturated carbocycles. The van der Waals surface area contributed by atoms with E-state index in [2.05, 4.69) is 22.1 Å². The van der Waals surface area contributed by atoms with Crippen LogP contribution < -0.4 is 5.32 Å². The van der Waals surface area contributed by atoms with Gasteiger partial charge in [-0.25, -0.2) is 4.98 Å². The monoisotopic (exact) mass is 358 g/mol. The van der Waals surface area contributed by atoms with E-state index in [1.807, 2.05) is 49.9 Å². The summed E-state index contributed by atoms with van der Waals surface area (Å²) in [5, 5.41) is 3.55. The number of amides is 1. The number of carbonyl (C=O) groups is 1. The zero-order chi connectivity index (χ0) is 17.9. The molecule has 25 heavy (non-hydrogen) atoms. The number of nitrogens with zero attached hydrogens (tertiary/aromatic N) is 3. The molecular formula is C19H26N4OS. The lowest BCUT2D eigenvalue weighted by Crippen LogP contribution is -2.61. The maximum Gasteiger partial charge on any atom is 0.249 e. The molecule has 2 heterocycles. The number of aromatic nitrogens is 1. The number of piperidine rings is 1. The van der Waals surface area contributed by atoms with Gasteiger partial charge in [0.1, 0.15) is 5.54 Å². The second-order valence-corrected chi connectivity index (χ2v) is 7.89. The third kappa shape index (κ3) is 4.02. The van der Waals surface area contributed by atoms with Gasteiger partial charge >= 0.3 is 0 Å². The van der Waals surface area contributed by atoms with Gasteiger partial charge in [0, 0.05) is 37.7 Å². The molecule has 134 valence electrons. The lowest BCUT2D eigenvalue weighted by molar-refractivity contribution is -0.135. The quantitative estimate of drug-likeness (QED) is 0.893. The van der Waals surface area contributed by atoms with Gasteiger partial charge in [0.15, 0.2) is 0 Å². The molecule has 0 bridgehead atoms. The summed E-state index contributed by atoms with van der Waals surface area (Å²) >= 11 is 1.69. The maximum absolute atomic E-state index is 13.1. The summed E-state index contributed by atoms with van der Waals surface area (Å²) < 4.78 is 0. The highest BCUT2D eigenvalue weighted by molar-refractivity contribution is 7.09. The summed E-state index contributed by atoms with van der Waals surface area (Å²) in [5.41, 5.74) is 3.40. The zero-order valence-electron chi connectivity index (χ0n) is 15.2. The van der Waals surface area contributed by atoms with Crippen LogP contribution in [0.25, 0.3) is 0 Å². The van der Waals surface area contributed by atoms with Gasteiger partial charge in [0.25, 0.3) is 0 Å². The third-order valence-corrected chi connectivity index (χ3v) is 5.68. The van der Waals surface area contributed by atoms with E-state index in [9.17, 15) is 4.79 Å². The Bertz CT molecular complexity index is 715. The maximum atomic E-state index is 13.1. The van der Waals surface area contributed by atoms with Crippen LogP contribution in [0.1, 0.15) is 23.4 Å². The summed E-state index contributed by atoms with van der Waals surface area (Å²) in [6.07, 6.45) is 1.84. The van der Waals surface area contributed by atoms with E-state index in [-0.39, 0.29) is 5.91 Å². The van der Waals surface area contributed by atoms with Crippen LogP contribution in [0.4, 0.5) is 5.69 Å². The number of thiazole rings is 1. The van der Waals surface area contributed by atoms with E-state index < -0.39 is 5.54 Å². The van der Waals surface area contributed by atoms with Gasteiger partial charge in [-0.05, 0) is 38.4 Å². The number of aryl methyl sites for hydroxylation is 1. The number of para-hydroxylation sites is 1. The fraction of sp³-hybridized carbons (Fsp3) is 0.474. The lowest BCUT2D eigenvalue weighted by Gasteiger charge is -2.43. The number of benzene rings is 1. The van der Waals surface area contributed by atoms with Crippen molar-refractivity contribution in [3.8, 4) is 0 Å². The second kappa shape index (κ2) is 7.54. The molecule has 1 aromatic heterocycles. The van der Waals surface area contributed by atoms with E-state index in [0.717, 1.165) is 37.3 Å². The highest BCUT2D eigenvalue weighted by Crippen LogP contribution is 2.29. The van der Waals surface area contributed by atoms with Crippen molar-refractivity contribution in [2.75, 3.05) is 32.5 Å². The highest BCUT2D eigenvalue weighted by atomic mass is 32.1. The Balaban J connectivity index is 1.83. The zero-order valence-corrected chi connectivity index (χ0v) is 16.0. The normalized spacial score (nSPS) is 21.1. The van der Waals surface area contributed by atoms with Crippen LogP contribution in [0.5, 0.6) is 0 Å². The predicted octanol–water partition coefficient (Wildman–Crippen LogP) is 2.99. The van der Waals surface area contributed by atoms with Crippen LogP contribution in [0.2, 0.25) is 0 Å². The van der Waals surface area contributed by atoms with Crippen molar-refractivity contribution in [3.63, 3.8) is 0 Å². The summed E-state index contributed by atoms with van der Waals surface area (Å²) in [4.78, 5) is 22.8. The van der Waals surface area contributed by atoms with Crippen LogP contribution in [0.3, 0.4) is 0 Å². The molecule has 1 N–H and O–H groups in total. The van der Waals surface area contributed by atoms with Crippen LogP contribution >= 0.6 is 11.3 Å². The molecule has 1 atom stereocenters. The van der Waals surface area contributed by atoms with Crippen LogP contribution in [-0.4, -0.2) is 53.4 Å². The number of rotatable bonds is 5. The molecule has 0 radical (unpaired) electrons. The average Bonchev–Trinajstić information content (AvgIpc) is 3.00. The second-order valence-electron chi connectivity index (χ2n) is 6.95. The highest BCUT2D eigenvalue weighted by Gasteiger charge is 2.43. The van der Waals surface area contributed by atoms with Crippen molar-refractivity contribution in [1.29, 1.82) is 0 Å². The van der Waals surface area contributed by atoms with Gasteiger partial charge in [0.2, 0.25) is 5.91 Å². The number of nitrogens with one attached hydrogen (secondary N) is 1. The molecule has 1 aromatic carbocycles. The van der Waals surface area contributed by atoms with Crippen molar-refractivity contribution < 1.29 is 4.79 Å². The Kier molecular flexibility index (Phi) is 5.39. The van der Waals surface area contributed by atoms with Crippen LogP contribution in [-0.2, 0) is 11.3 Å². The fourth-order valence-electron chi connectivity index (χ4n) is 3.52. The van der Waals surface area contributed by atoms with E-state index in [1.54, 1.807) is 16.2 Å². The number of likely N-dealkylation sites (N-methyl/N-ethyl adjacent to an activating group) is 1. The SMILES string of the molecule is Cc1ncsc1CN1CCCC(Nc2ccccc2)(C(=O)N(C)C)C1. The van der Waals surface area contributed by atoms with Crippen molar-refractivity contribution >= 4 is 22.9 Å². The molecule has 1 aliphatic rings. The standard InChI is InChI=1S/C19H26N4OS/c1-15-17(25-14-20-15)12-23-11-7-10-19(13-23,18(24)22(2)3)21-16-8-5-4-6-9-16/h4-6,8-9,14,21H,7,10-13H2,1-3H3. The van der Waals surface area contributed by atoms with Crippen molar-refractivity contribution in [2.45, 2.75) is 31.8 Å². The van der Waals surface area contributed by atoms with E-state index in [1.165, 1.54) is 4.88 Å². The number of anilines is 1. The van der Waals surface area contributed by atoms with Crippen LogP contribution in [0.15, 0.2) is 35.8 Å². The first kappa shape index (κ1) is 17.9. The molecule has 0 aliphatic carbocycles. The van der Waals surface area contributed by atoms with Gasteiger partial charge in [-0.1, -0.05) is 18.2 Å². The van der Waals surface area contributed by atoms with Gasteiger partial charge in [-0.3, -0.25) is 9.69 Å². The van der Waals surface area contributed by atoms with E-state index >= 15 is 0 Å². The van der Waals surface area contributed by atoms with Gasteiger partial charge in [-0.2, -0.15) is 0 Å². The molecule has 1 fully saturated rings. The average molecular weight is 359 g/mol. The van der Waals surface area contributed by atoms with E-state index in [0.29, 0.717) is 6.54 Å². The molecule has 3 rings (SSSR count). The first-order valence-corrected chi connectivity index (χ1v) is 9.54. The van der Waals surface area contributed by atoms with Crippen molar-refractivity contribution in [2.24, 2.45) is 0 Å². The predicted molar refractivity (Wildman–Crippen MR) is 103 cm³/mol. The molecule has 1 unspecified atom stereocenters. The minimum absolute atomic E-state index is 0.141. The summed E-state index contributed by atoms with van der Waals surface area (Å²) in [5.74, 6) is 0.141. The molecule has 1 aliphatic heterocycles. The number of hydrogen-bond donors (Lipinski definition) is 1. The first-order chi connectivity index (χ1) is 12.0. The lowest BCUT2D eigenvalue weighted by atomic mass is 9.87. The Labute approximate surface area is 153 Å². The number of carbonyl (C=O) groups excluding carboxylic acids is 1. The minimum Gasteiger partial charge on any atom is -0.370 e. The smallest absolute Gasteiger partial charge is 0.249 e. The minimum atomic E-state index is -0.582. The Morgan fingerprint density at radius 1 is 1.36 bits per heavy atom. The molecule has 2 aromatic rings. The molecule has 0 spiro atoms. The summed E-state index contributed by atoms with van der Waals surface area (Å²) in [6.45, 7) is 4.62. The topological polar surface area (TPSA) is 48.5 Å². The first-order valence-electron chi connectivity index (χ1n) is 8.66. The molecule has 5 nitrogen and oxygen atoms in total. The third-order valence-electron chi connectivity index (χ3n) is 4.76. The number of hydrogen-bond acceptors (Lipinski definition) is 5. The molecule has 6 heteroatoms. The number of likely N-dealkylation sites (tertiary alicyclic amines) is 1. The van der Waals surface area contributed by atoms with Gasteiger partial charge in [0.05, 0.1) is 11.2 Å². The van der Waals surface area contributed by atoms with Crippen molar-refractivity contribution in [1.82, 2.24) is 14.8 Å². The fourth-order valence-corrected chi connectivity index (χ4v) is 4.33. The molecular weight excluding hydrogens is 332 g/mol. The van der Waals surface area contributed by atoms with Crippen LogP contribution in [0, 0.1) is 6.92 Å². The van der Waals surface area contributed by atoms with E-state index in [4.69, 9.17) is 0 Å². The van der Waals surface area contributed by atoms with Crippen molar-refractivity contribution in [3.05, 3.63) is 46.4 Å². The molecule has 1 amide bonds. The Morgan fingerprint density at radius 3 is 2.76 bits per heavy atom. The summed E-state index contributed by atoms with van der Waals surface area (Å²) in [7, 11) is 3.67. The van der Waals surface area contributed by atoms with Gasteiger partial charge in [-0.15, -0.1) is 11.3 Å². The largest absolute Gasteiger partial charge is 0.370 e. The van der Waals surface area contributed by atoms with Gasteiger partial charge < -0.3 is 10.2 Å².